The summed E-state index contributed by atoms with van der Waals surface area (Å²) >= 11 is 0. The fourth-order valence-electron chi connectivity index (χ4n) is 5.39. The topological polar surface area (TPSA) is 162 Å². The number of hydrogen-bond acceptors (Lipinski definition) is 9. The number of nitro benzene ring substituents is 1. The normalized spacial score (nSPS) is 19.4. The Kier molecular flexibility index (Phi) is 11.0. The van der Waals surface area contributed by atoms with Gasteiger partial charge in [-0.2, -0.15) is 0 Å². The summed E-state index contributed by atoms with van der Waals surface area (Å²) in [5, 5.41) is 22.4. The summed E-state index contributed by atoms with van der Waals surface area (Å²) in [4.78, 5) is 45.4. The quantitative estimate of drug-likeness (QED) is 0.0721. The van der Waals surface area contributed by atoms with Crippen LogP contribution in [0.1, 0.15) is 57.4 Å². The number of nitro groups is 1. The van der Waals surface area contributed by atoms with E-state index in [0.717, 1.165) is 42.3 Å². The molecule has 1 aliphatic rings. The zero-order valence-electron chi connectivity index (χ0n) is 25.0. The van der Waals surface area contributed by atoms with Gasteiger partial charge in [-0.25, -0.2) is 14.6 Å². The zero-order valence-corrected chi connectivity index (χ0v) is 25.0. The number of nitrogens with zero attached hydrogens (tertiary/aromatic N) is 4. The summed E-state index contributed by atoms with van der Waals surface area (Å²) in [5.74, 6) is -1.48. The largest absolute Gasteiger partial charge is 0.521 e. The third-order valence-electron chi connectivity index (χ3n) is 7.53. The van der Waals surface area contributed by atoms with Gasteiger partial charge in [0, 0.05) is 37.0 Å². The molecule has 0 bridgehead atoms. The van der Waals surface area contributed by atoms with Crippen molar-refractivity contribution in [3.8, 4) is 17.4 Å². The summed E-state index contributed by atoms with van der Waals surface area (Å²) in [5.41, 5.74) is 8.11. The van der Waals surface area contributed by atoms with Crippen molar-refractivity contribution in [2.75, 3.05) is 13.1 Å². The summed E-state index contributed by atoms with van der Waals surface area (Å²) in [6, 6.07) is 5.25. The number of amides is 1. The Morgan fingerprint density at radius 2 is 1.95 bits per heavy atom. The Morgan fingerprint density at radius 3 is 2.56 bits per heavy atom. The van der Waals surface area contributed by atoms with E-state index < -0.39 is 34.2 Å². The van der Waals surface area contributed by atoms with Crippen LogP contribution >= 0.6 is 0 Å². The molecule has 1 aliphatic carbocycles. The predicted octanol–water partition coefficient (Wildman–Crippen LogP) is 5.57. The molecule has 1 fully saturated rings. The number of phenols is 1. The van der Waals surface area contributed by atoms with Gasteiger partial charge >= 0.3 is 11.8 Å². The van der Waals surface area contributed by atoms with Crippen LogP contribution in [0, 0.1) is 35.4 Å². The molecule has 1 amide bonds. The van der Waals surface area contributed by atoms with Crippen molar-refractivity contribution < 1.29 is 29.1 Å². The fraction of sp³-hybridized carbons (Fsp3) is 0.419. The van der Waals surface area contributed by atoms with Crippen LogP contribution in [0.4, 0.5) is 10.5 Å². The van der Waals surface area contributed by atoms with Gasteiger partial charge in [-0.3, -0.25) is 14.9 Å². The minimum Gasteiger partial charge on any atom is -0.504 e. The molecule has 2 aromatic rings. The Morgan fingerprint density at radius 1 is 1.26 bits per heavy atom. The molecule has 1 heterocycles. The number of aromatic nitrogens is 1. The molecular formula is C31H37N5O7. The molecule has 1 aromatic carbocycles. The molecule has 0 aliphatic heterocycles. The van der Waals surface area contributed by atoms with Gasteiger partial charge in [-0.15, -0.1) is 0 Å². The van der Waals surface area contributed by atoms with Crippen molar-refractivity contribution in [1.82, 2.24) is 9.88 Å². The summed E-state index contributed by atoms with van der Waals surface area (Å²) in [6.07, 6.45) is 4.31. The summed E-state index contributed by atoms with van der Waals surface area (Å²) < 4.78 is 10.3. The van der Waals surface area contributed by atoms with E-state index in [-0.39, 0.29) is 29.1 Å². The molecule has 3 N–H and O–H groups in total. The van der Waals surface area contributed by atoms with Crippen LogP contribution in [0.25, 0.3) is 10.9 Å². The van der Waals surface area contributed by atoms with E-state index in [0.29, 0.717) is 25.4 Å². The monoisotopic (exact) mass is 591 g/mol. The molecule has 0 spiro atoms. The van der Waals surface area contributed by atoms with E-state index in [1.54, 1.807) is 19.9 Å². The van der Waals surface area contributed by atoms with Crippen molar-refractivity contribution in [2.24, 2.45) is 17.6 Å². The lowest BCUT2D eigenvalue weighted by molar-refractivity contribution is -0.385. The fourth-order valence-corrected chi connectivity index (χ4v) is 5.39. The lowest BCUT2D eigenvalue weighted by Crippen LogP contribution is -2.35. The van der Waals surface area contributed by atoms with E-state index in [1.165, 1.54) is 16.5 Å². The standard InChI is InChI=1S/C31H37N5O7/c1-7-22-21(12-18(4)13-23(22)32)17-24-19(5)10-11-28(34-24)42-31(39)43-29-26(36(40)41)15-20(16-27(29)37)14-25(33-6)30(38)35(8-2)9-3/h7,10-11,14-16,18,21,23,37H,8-9,12-13,17,32H2,1-5H3/b22-7+,25-14-. The molecule has 3 rings (SSSR count). The van der Waals surface area contributed by atoms with Crippen molar-refractivity contribution in [3.05, 3.63) is 80.0 Å². The minimum absolute atomic E-state index is 0.00138. The maximum Gasteiger partial charge on any atom is 0.521 e. The number of nitrogens with two attached hydrogens (primary N) is 1. The van der Waals surface area contributed by atoms with Gasteiger partial charge in [0.05, 0.1) is 11.5 Å². The van der Waals surface area contributed by atoms with Gasteiger partial charge in [0.15, 0.2) is 5.75 Å². The van der Waals surface area contributed by atoms with Gasteiger partial charge in [-0.05, 0) is 82.1 Å². The first-order chi connectivity index (χ1) is 20.4. The summed E-state index contributed by atoms with van der Waals surface area (Å²) in [7, 11) is 0. The highest BCUT2D eigenvalue weighted by atomic mass is 16.7. The molecule has 0 saturated heterocycles. The third-order valence-corrected chi connectivity index (χ3v) is 7.53. The number of likely N-dealkylation sites (N-methyl/N-ethyl adjacent to an activating group) is 1. The second-order valence-electron chi connectivity index (χ2n) is 10.5. The molecule has 43 heavy (non-hydrogen) atoms. The van der Waals surface area contributed by atoms with Crippen LogP contribution in [0.2, 0.25) is 0 Å². The van der Waals surface area contributed by atoms with Crippen LogP contribution in [-0.4, -0.2) is 51.1 Å². The van der Waals surface area contributed by atoms with E-state index >= 15 is 0 Å². The SMILES string of the molecule is [C-]#[N+]/C(=C\c1cc(O)c(OC(=O)Oc2ccc(C)c(CC3CC(C)CC(N)/C3=C/C)n2)c([N+](=O)[O-])c1)C(=O)N(CC)CC. The molecular weight excluding hydrogens is 554 g/mol. The number of carbonyl (C=O) groups excluding carboxylic acids is 2. The number of ether oxygens (including phenoxy) is 2. The number of benzene rings is 1. The molecule has 1 aromatic heterocycles. The van der Waals surface area contributed by atoms with Crippen LogP contribution in [0.15, 0.2) is 41.6 Å². The molecule has 3 unspecified atom stereocenters. The first-order valence-electron chi connectivity index (χ1n) is 14.1. The van der Waals surface area contributed by atoms with Gasteiger partial charge in [-0.1, -0.05) is 24.6 Å². The Bertz CT molecular complexity index is 1490. The zero-order chi connectivity index (χ0) is 31.8. The van der Waals surface area contributed by atoms with Crippen molar-refractivity contribution in [1.29, 1.82) is 0 Å². The molecule has 1 saturated carbocycles. The Balaban J connectivity index is 1.83. The second kappa shape index (κ2) is 14.4. The third kappa shape index (κ3) is 7.96. The molecule has 228 valence electrons. The van der Waals surface area contributed by atoms with Crippen molar-refractivity contribution in [3.63, 3.8) is 0 Å². The first kappa shape index (κ1) is 32.8. The lowest BCUT2D eigenvalue weighted by Gasteiger charge is -2.34. The summed E-state index contributed by atoms with van der Waals surface area (Å²) in [6.45, 7) is 17.6. The second-order valence-corrected chi connectivity index (χ2v) is 10.5. The van der Waals surface area contributed by atoms with Crippen LogP contribution in [-0.2, 0) is 11.2 Å². The van der Waals surface area contributed by atoms with Gasteiger partial charge in [0.1, 0.15) is 0 Å². The number of carbonyl (C=O) groups is 2. The maximum atomic E-state index is 12.7. The molecule has 12 nitrogen and oxygen atoms in total. The van der Waals surface area contributed by atoms with Crippen LogP contribution < -0.4 is 15.2 Å². The smallest absolute Gasteiger partial charge is 0.504 e. The maximum absolute atomic E-state index is 12.7. The molecule has 0 radical (unpaired) electrons. The lowest BCUT2D eigenvalue weighted by atomic mass is 9.73. The van der Waals surface area contributed by atoms with E-state index in [4.69, 9.17) is 21.8 Å². The Hall–Kier alpha value is -4.76. The molecule has 3 atom stereocenters. The van der Waals surface area contributed by atoms with Crippen LogP contribution in [0.5, 0.6) is 17.4 Å². The van der Waals surface area contributed by atoms with Crippen LogP contribution in [0.3, 0.4) is 0 Å². The highest BCUT2D eigenvalue weighted by Gasteiger charge is 2.30. The predicted molar refractivity (Wildman–Crippen MR) is 160 cm³/mol. The minimum atomic E-state index is -1.34. The number of hydrogen-bond donors (Lipinski definition) is 2. The van der Waals surface area contributed by atoms with E-state index in [9.17, 15) is 24.8 Å². The van der Waals surface area contributed by atoms with Gasteiger partial charge in [0.2, 0.25) is 5.88 Å². The Labute approximate surface area is 250 Å². The van der Waals surface area contributed by atoms with Gasteiger partial charge < -0.3 is 25.2 Å². The number of allylic oxidation sites excluding steroid dienone is 1. The number of phenolic OH excluding ortho intramolecular Hbond substituents is 1. The van der Waals surface area contributed by atoms with E-state index in [1.807, 2.05) is 13.8 Å². The van der Waals surface area contributed by atoms with E-state index in [2.05, 4.69) is 22.8 Å². The first-order valence-corrected chi connectivity index (χ1v) is 14.1. The number of aromatic hydroxyl groups is 1. The van der Waals surface area contributed by atoms with Crippen molar-refractivity contribution >= 4 is 23.8 Å². The number of pyridine rings is 1. The highest BCUT2D eigenvalue weighted by molar-refractivity contribution is 5.99. The van der Waals surface area contributed by atoms with Gasteiger partial charge in [0.25, 0.3) is 17.4 Å². The number of aryl methyl sites for hydroxylation is 1. The average molecular weight is 592 g/mol. The molecule has 12 heteroatoms. The average Bonchev–Trinajstić information content (AvgIpc) is 2.95. The van der Waals surface area contributed by atoms with Crippen molar-refractivity contribution in [2.45, 2.75) is 59.9 Å². The highest BCUT2D eigenvalue weighted by Crippen LogP contribution is 2.39. The number of rotatable bonds is 9.